The van der Waals surface area contributed by atoms with E-state index in [1.54, 1.807) is 18.3 Å². The summed E-state index contributed by atoms with van der Waals surface area (Å²) in [6.45, 7) is 1.46. The molecule has 100 valence electrons. The molecule has 1 aliphatic carbocycles. The van der Waals surface area contributed by atoms with Gasteiger partial charge in [0, 0.05) is 24.1 Å². The standard InChI is InChI=1S/C13H11ClN2O2.ClH/c1-6(17)16-5-7-4-10(15)13(18)8-2-3-9(14)12(16)11(7)8;/h2-3,5,10H,4,15H2,1H3;1H. The molecule has 2 aromatic rings. The number of hydrogen-bond acceptors (Lipinski definition) is 3. The third-order valence-electron chi connectivity index (χ3n) is 3.36. The first-order valence-electron chi connectivity index (χ1n) is 5.64. The highest BCUT2D eigenvalue weighted by molar-refractivity contribution is 6.36. The number of Topliss-reactive ketones (excluding diaryl/α,β-unsaturated/α-hetero) is 1. The summed E-state index contributed by atoms with van der Waals surface area (Å²) < 4.78 is 1.49. The molecule has 1 unspecified atom stereocenters. The molecule has 0 amide bonds. The van der Waals surface area contributed by atoms with Gasteiger partial charge in [-0.25, -0.2) is 0 Å². The molecule has 0 spiro atoms. The summed E-state index contributed by atoms with van der Waals surface area (Å²) in [5.74, 6) is -0.223. The van der Waals surface area contributed by atoms with Crippen LogP contribution in [0.4, 0.5) is 0 Å². The molecule has 4 nitrogen and oxygen atoms in total. The van der Waals surface area contributed by atoms with Gasteiger partial charge in [0.1, 0.15) is 0 Å². The van der Waals surface area contributed by atoms with Crippen LogP contribution in [0.25, 0.3) is 10.9 Å². The van der Waals surface area contributed by atoms with Gasteiger partial charge in [-0.3, -0.25) is 14.2 Å². The molecule has 0 radical (unpaired) electrons. The van der Waals surface area contributed by atoms with Crippen molar-refractivity contribution in [1.29, 1.82) is 0 Å². The molecule has 0 fully saturated rings. The van der Waals surface area contributed by atoms with Crippen molar-refractivity contribution in [1.82, 2.24) is 4.57 Å². The lowest BCUT2D eigenvalue weighted by atomic mass is 9.89. The van der Waals surface area contributed by atoms with Crippen molar-refractivity contribution < 1.29 is 9.59 Å². The minimum absolute atomic E-state index is 0. The first-order valence-corrected chi connectivity index (χ1v) is 6.01. The Morgan fingerprint density at radius 3 is 2.79 bits per heavy atom. The molecule has 0 saturated heterocycles. The summed E-state index contributed by atoms with van der Waals surface area (Å²) in [7, 11) is 0. The van der Waals surface area contributed by atoms with Crippen LogP contribution in [0.5, 0.6) is 0 Å². The van der Waals surface area contributed by atoms with Crippen LogP contribution in [0, 0.1) is 0 Å². The third-order valence-corrected chi connectivity index (χ3v) is 3.66. The minimum Gasteiger partial charge on any atom is -0.321 e. The Hall–Kier alpha value is -1.36. The maximum absolute atomic E-state index is 12.0. The topological polar surface area (TPSA) is 65.1 Å². The van der Waals surface area contributed by atoms with E-state index < -0.39 is 6.04 Å². The molecule has 0 bridgehead atoms. The van der Waals surface area contributed by atoms with Gasteiger partial charge in [-0.05, 0) is 24.1 Å². The Labute approximate surface area is 120 Å². The van der Waals surface area contributed by atoms with Crippen molar-refractivity contribution >= 4 is 46.6 Å². The van der Waals surface area contributed by atoms with Crippen LogP contribution in [-0.2, 0) is 6.42 Å². The van der Waals surface area contributed by atoms with Gasteiger partial charge in [0.25, 0.3) is 0 Å². The van der Waals surface area contributed by atoms with Gasteiger partial charge in [-0.2, -0.15) is 0 Å². The quantitative estimate of drug-likeness (QED) is 0.812. The lowest BCUT2D eigenvalue weighted by molar-refractivity contribution is 0.0939. The highest BCUT2D eigenvalue weighted by Crippen LogP contribution is 2.35. The van der Waals surface area contributed by atoms with Crippen LogP contribution in [0.15, 0.2) is 18.3 Å². The zero-order chi connectivity index (χ0) is 13.0. The van der Waals surface area contributed by atoms with Crippen molar-refractivity contribution in [3.8, 4) is 0 Å². The highest BCUT2D eigenvalue weighted by Gasteiger charge is 2.29. The van der Waals surface area contributed by atoms with Crippen LogP contribution in [-0.4, -0.2) is 22.3 Å². The number of carbonyl (C=O) groups is 2. The summed E-state index contributed by atoms with van der Waals surface area (Å²) in [5.41, 5.74) is 7.89. The number of benzene rings is 1. The Balaban J connectivity index is 0.00000133. The van der Waals surface area contributed by atoms with Crippen molar-refractivity contribution in [2.45, 2.75) is 19.4 Å². The van der Waals surface area contributed by atoms with E-state index >= 15 is 0 Å². The molecule has 0 aliphatic heterocycles. The first-order chi connectivity index (χ1) is 8.50. The summed E-state index contributed by atoms with van der Waals surface area (Å²) >= 11 is 6.14. The van der Waals surface area contributed by atoms with Crippen LogP contribution < -0.4 is 5.73 Å². The summed E-state index contributed by atoms with van der Waals surface area (Å²) in [6, 6.07) is 2.78. The zero-order valence-corrected chi connectivity index (χ0v) is 11.7. The second-order valence-corrected chi connectivity index (χ2v) is 4.94. The number of aromatic nitrogens is 1. The van der Waals surface area contributed by atoms with Crippen molar-refractivity contribution in [2.24, 2.45) is 5.73 Å². The lowest BCUT2D eigenvalue weighted by Gasteiger charge is -2.17. The van der Waals surface area contributed by atoms with Crippen LogP contribution in [0.3, 0.4) is 0 Å². The molecule has 1 aliphatic rings. The van der Waals surface area contributed by atoms with E-state index in [1.165, 1.54) is 11.5 Å². The van der Waals surface area contributed by atoms with Crippen molar-refractivity contribution in [3.63, 3.8) is 0 Å². The summed E-state index contributed by atoms with van der Waals surface area (Å²) in [6.07, 6.45) is 2.18. The number of rotatable bonds is 0. The van der Waals surface area contributed by atoms with Gasteiger partial charge >= 0.3 is 0 Å². The molecular weight excluding hydrogens is 287 g/mol. The second kappa shape index (κ2) is 4.63. The predicted molar refractivity (Wildman–Crippen MR) is 76.5 cm³/mol. The fourth-order valence-electron chi connectivity index (χ4n) is 2.55. The third kappa shape index (κ3) is 1.87. The molecule has 3 rings (SSSR count). The van der Waals surface area contributed by atoms with Gasteiger partial charge in [-0.1, -0.05) is 11.6 Å². The predicted octanol–water partition coefficient (Wildman–Crippen LogP) is 2.44. The molecule has 6 heteroatoms. The number of hydrogen-bond donors (Lipinski definition) is 1. The van der Waals surface area contributed by atoms with Gasteiger partial charge < -0.3 is 5.73 Å². The number of carbonyl (C=O) groups excluding carboxylic acids is 2. The molecular formula is C13H12Cl2N2O2. The zero-order valence-electron chi connectivity index (χ0n) is 10.1. The van der Waals surface area contributed by atoms with Crippen LogP contribution >= 0.6 is 24.0 Å². The van der Waals surface area contributed by atoms with E-state index in [1.807, 2.05) is 0 Å². The smallest absolute Gasteiger partial charge is 0.228 e. The van der Waals surface area contributed by atoms with Gasteiger partial charge in [-0.15, -0.1) is 12.4 Å². The van der Waals surface area contributed by atoms with E-state index in [4.69, 9.17) is 17.3 Å². The molecule has 1 heterocycles. The molecule has 19 heavy (non-hydrogen) atoms. The maximum Gasteiger partial charge on any atom is 0.228 e. The minimum atomic E-state index is -0.537. The monoisotopic (exact) mass is 298 g/mol. The number of nitrogens with zero attached hydrogens (tertiary/aromatic N) is 1. The highest BCUT2D eigenvalue weighted by atomic mass is 35.5. The van der Waals surface area contributed by atoms with E-state index in [2.05, 4.69) is 0 Å². The van der Waals surface area contributed by atoms with Crippen molar-refractivity contribution in [2.75, 3.05) is 0 Å². The number of halogens is 2. The molecule has 1 atom stereocenters. The molecule has 2 N–H and O–H groups in total. The van der Waals surface area contributed by atoms with E-state index in [0.29, 0.717) is 22.5 Å². The van der Waals surface area contributed by atoms with Crippen molar-refractivity contribution in [3.05, 3.63) is 34.5 Å². The number of nitrogens with two attached hydrogens (primary N) is 1. The van der Waals surface area contributed by atoms with Gasteiger partial charge in [0.2, 0.25) is 5.91 Å². The first kappa shape index (κ1) is 14.1. The van der Waals surface area contributed by atoms with E-state index in [0.717, 1.165) is 10.9 Å². The Morgan fingerprint density at radius 2 is 2.16 bits per heavy atom. The average Bonchev–Trinajstić information content (AvgIpc) is 2.69. The fraction of sp³-hybridized carbons (Fsp3) is 0.231. The number of ketones is 1. The molecule has 1 aromatic carbocycles. The molecule has 1 aromatic heterocycles. The fourth-order valence-corrected chi connectivity index (χ4v) is 2.80. The Bertz CT molecular complexity index is 706. The van der Waals surface area contributed by atoms with Gasteiger partial charge in [0.15, 0.2) is 5.78 Å². The van der Waals surface area contributed by atoms with Crippen LogP contribution in [0.1, 0.15) is 27.6 Å². The summed E-state index contributed by atoms with van der Waals surface area (Å²) in [4.78, 5) is 23.7. The summed E-state index contributed by atoms with van der Waals surface area (Å²) in [5, 5.41) is 1.24. The average molecular weight is 299 g/mol. The maximum atomic E-state index is 12.0. The molecule has 0 saturated carbocycles. The normalized spacial score (nSPS) is 17.4. The van der Waals surface area contributed by atoms with Gasteiger partial charge in [0.05, 0.1) is 16.6 Å². The Kier molecular flexibility index (Phi) is 3.43. The largest absolute Gasteiger partial charge is 0.321 e. The Morgan fingerprint density at radius 1 is 1.47 bits per heavy atom. The van der Waals surface area contributed by atoms with E-state index in [9.17, 15) is 9.59 Å². The SMILES string of the molecule is CC(=O)n1cc2c3c(ccc(Cl)c31)C(=O)C(N)C2.Cl. The lowest BCUT2D eigenvalue weighted by Crippen LogP contribution is -2.35. The second-order valence-electron chi connectivity index (χ2n) is 4.54. The van der Waals surface area contributed by atoms with Crippen LogP contribution in [0.2, 0.25) is 5.02 Å². The van der Waals surface area contributed by atoms with E-state index in [-0.39, 0.29) is 24.1 Å².